The second-order valence-electron chi connectivity index (χ2n) is 9.02. The van der Waals surface area contributed by atoms with Gasteiger partial charge in [-0.1, -0.05) is 23.8 Å². The summed E-state index contributed by atoms with van der Waals surface area (Å²) < 4.78 is 5.50. The molecule has 2 heterocycles. The van der Waals surface area contributed by atoms with Crippen molar-refractivity contribution < 1.29 is 19.1 Å². The number of carbonyl (C=O) groups is 3. The van der Waals surface area contributed by atoms with Crippen molar-refractivity contribution in [3.8, 4) is 0 Å². The minimum absolute atomic E-state index is 0.0528. The van der Waals surface area contributed by atoms with E-state index >= 15 is 0 Å². The predicted octanol–water partition coefficient (Wildman–Crippen LogP) is 2.94. The van der Waals surface area contributed by atoms with Gasteiger partial charge in [-0.25, -0.2) is 14.4 Å². The summed E-state index contributed by atoms with van der Waals surface area (Å²) in [4.78, 5) is 44.6. The van der Waals surface area contributed by atoms with Crippen molar-refractivity contribution in [1.29, 1.82) is 0 Å². The molecule has 192 valence electrons. The quantitative estimate of drug-likeness (QED) is 0.579. The largest absolute Gasteiger partial charge is 0.463 e. The number of amides is 4. The minimum atomic E-state index is -0.585. The van der Waals surface area contributed by atoms with Gasteiger partial charge in [0.15, 0.2) is 0 Å². The molecule has 1 fully saturated rings. The first kappa shape index (κ1) is 26.5. The second-order valence-corrected chi connectivity index (χ2v) is 9.02. The molecule has 35 heavy (non-hydrogen) atoms. The van der Waals surface area contributed by atoms with Gasteiger partial charge in [-0.3, -0.25) is 9.80 Å². The third kappa shape index (κ3) is 6.14. The summed E-state index contributed by atoms with van der Waals surface area (Å²) in [6, 6.07) is 5.19. The van der Waals surface area contributed by atoms with Crippen LogP contribution < -0.4 is 10.6 Å². The highest BCUT2D eigenvalue weighted by Gasteiger charge is 2.39. The summed E-state index contributed by atoms with van der Waals surface area (Å²) in [5, 5.41) is 5.92. The molecule has 9 nitrogen and oxygen atoms in total. The Morgan fingerprint density at radius 2 is 1.89 bits per heavy atom. The van der Waals surface area contributed by atoms with Crippen molar-refractivity contribution in [2.45, 2.75) is 47.1 Å². The molecule has 0 aromatic heterocycles. The van der Waals surface area contributed by atoms with Crippen molar-refractivity contribution in [3.63, 3.8) is 0 Å². The normalized spacial score (nSPS) is 19.3. The highest BCUT2D eigenvalue weighted by atomic mass is 16.5. The SMILES string of the molecule is CCNC(=O)N1CCCN(CC2=C(C(=O)OCC)[C@@H](c3cc(C)ccc3C)NC(=O)N2CC)CC1. The molecule has 2 aliphatic heterocycles. The molecule has 3 rings (SSSR count). The molecule has 0 unspecified atom stereocenters. The maximum atomic E-state index is 13.3. The van der Waals surface area contributed by atoms with E-state index in [9.17, 15) is 14.4 Å². The van der Waals surface area contributed by atoms with E-state index in [2.05, 4.69) is 15.5 Å². The van der Waals surface area contributed by atoms with Crippen molar-refractivity contribution in [2.24, 2.45) is 0 Å². The number of ether oxygens (including phenoxy) is 1. The lowest BCUT2D eigenvalue weighted by molar-refractivity contribution is -0.139. The molecule has 2 N–H and O–H groups in total. The summed E-state index contributed by atoms with van der Waals surface area (Å²) in [6.07, 6.45) is 0.817. The molecular weight excluding hydrogens is 446 g/mol. The molecule has 0 bridgehead atoms. The Morgan fingerprint density at radius 3 is 2.57 bits per heavy atom. The zero-order valence-corrected chi connectivity index (χ0v) is 21.6. The standard InChI is InChI=1S/C26H39N5O4/c1-6-27-25(33)30-13-9-12-29(14-15-30)17-21-22(24(32)35-8-3)23(28-26(34)31(21)7-2)20-16-18(4)10-11-19(20)5/h10-11,16,23H,6-9,12-15,17H2,1-5H3,(H,27,33)(H,28,34)/t23-/m1/s1. The van der Waals surface area contributed by atoms with Gasteiger partial charge in [-0.05, 0) is 52.2 Å². The summed E-state index contributed by atoms with van der Waals surface area (Å²) in [5.41, 5.74) is 4.10. The highest BCUT2D eigenvalue weighted by Crippen LogP contribution is 2.34. The van der Waals surface area contributed by atoms with Crippen LogP contribution in [0.4, 0.5) is 9.59 Å². The average molecular weight is 486 g/mol. The fourth-order valence-corrected chi connectivity index (χ4v) is 4.77. The van der Waals surface area contributed by atoms with Crippen molar-refractivity contribution in [3.05, 3.63) is 46.2 Å². The van der Waals surface area contributed by atoms with Gasteiger partial charge in [0.2, 0.25) is 0 Å². The number of esters is 1. The van der Waals surface area contributed by atoms with Crippen LogP contribution in [0.3, 0.4) is 0 Å². The van der Waals surface area contributed by atoms with Crippen LogP contribution in [0.1, 0.15) is 49.9 Å². The number of hydrogen-bond donors (Lipinski definition) is 2. The zero-order chi connectivity index (χ0) is 25.5. The highest BCUT2D eigenvalue weighted by molar-refractivity contribution is 5.95. The van der Waals surface area contributed by atoms with Crippen LogP contribution in [-0.2, 0) is 9.53 Å². The van der Waals surface area contributed by atoms with E-state index in [-0.39, 0.29) is 18.7 Å². The van der Waals surface area contributed by atoms with E-state index in [1.54, 1.807) is 11.8 Å². The van der Waals surface area contributed by atoms with Gasteiger partial charge in [0.1, 0.15) is 0 Å². The molecular formula is C26H39N5O4. The van der Waals surface area contributed by atoms with E-state index in [1.165, 1.54) is 0 Å². The van der Waals surface area contributed by atoms with Gasteiger partial charge in [-0.2, -0.15) is 0 Å². The van der Waals surface area contributed by atoms with Crippen molar-refractivity contribution >= 4 is 18.0 Å². The molecule has 1 aromatic carbocycles. The van der Waals surface area contributed by atoms with Gasteiger partial charge < -0.3 is 20.3 Å². The van der Waals surface area contributed by atoms with Crippen LogP contribution in [0, 0.1) is 13.8 Å². The minimum Gasteiger partial charge on any atom is -0.463 e. The van der Waals surface area contributed by atoms with Gasteiger partial charge in [0.25, 0.3) is 0 Å². The molecule has 0 aliphatic carbocycles. The molecule has 1 atom stereocenters. The summed E-state index contributed by atoms with van der Waals surface area (Å²) in [7, 11) is 0. The summed E-state index contributed by atoms with van der Waals surface area (Å²) in [5.74, 6) is -0.411. The van der Waals surface area contributed by atoms with Gasteiger partial charge in [0, 0.05) is 51.5 Å². The van der Waals surface area contributed by atoms with Crippen LogP contribution in [0.15, 0.2) is 29.5 Å². The maximum absolute atomic E-state index is 13.3. The second kappa shape index (κ2) is 12.1. The van der Waals surface area contributed by atoms with E-state index in [1.807, 2.05) is 50.8 Å². The lowest BCUT2D eigenvalue weighted by Gasteiger charge is -2.38. The summed E-state index contributed by atoms with van der Waals surface area (Å²) >= 11 is 0. The molecule has 0 saturated carbocycles. The maximum Gasteiger partial charge on any atom is 0.338 e. The number of nitrogens with zero attached hydrogens (tertiary/aromatic N) is 3. The van der Waals surface area contributed by atoms with Gasteiger partial charge in [-0.15, -0.1) is 0 Å². The number of nitrogens with one attached hydrogen (secondary N) is 2. The Hall–Kier alpha value is -3.07. The first-order valence-electron chi connectivity index (χ1n) is 12.6. The fourth-order valence-electron chi connectivity index (χ4n) is 4.77. The van der Waals surface area contributed by atoms with Crippen molar-refractivity contribution in [2.75, 3.05) is 52.4 Å². The predicted molar refractivity (Wildman–Crippen MR) is 135 cm³/mol. The third-order valence-corrected chi connectivity index (χ3v) is 6.57. The first-order valence-corrected chi connectivity index (χ1v) is 12.6. The number of carbonyl (C=O) groups excluding carboxylic acids is 3. The molecule has 9 heteroatoms. The van der Waals surface area contributed by atoms with E-state index < -0.39 is 12.0 Å². The third-order valence-electron chi connectivity index (χ3n) is 6.57. The first-order chi connectivity index (χ1) is 16.8. The van der Waals surface area contributed by atoms with Crippen LogP contribution in [-0.4, -0.2) is 85.2 Å². The van der Waals surface area contributed by atoms with Gasteiger partial charge in [0.05, 0.1) is 18.2 Å². The lowest BCUT2D eigenvalue weighted by Crippen LogP contribution is -2.51. The van der Waals surface area contributed by atoms with Crippen LogP contribution in [0.2, 0.25) is 0 Å². The smallest absolute Gasteiger partial charge is 0.338 e. The summed E-state index contributed by atoms with van der Waals surface area (Å²) in [6.45, 7) is 14.0. The number of aryl methyl sites for hydroxylation is 2. The van der Waals surface area contributed by atoms with Crippen molar-refractivity contribution in [1.82, 2.24) is 25.3 Å². The number of rotatable bonds is 7. The fraction of sp³-hybridized carbons (Fsp3) is 0.577. The lowest BCUT2D eigenvalue weighted by atomic mass is 9.90. The Kier molecular flexibility index (Phi) is 9.14. The number of benzene rings is 1. The molecule has 1 aromatic rings. The molecule has 4 amide bonds. The monoisotopic (exact) mass is 485 g/mol. The number of likely N-dealkylation sites (N-methyl/N-ethyl adjacent to an activating group) is 1. The Labute approximate surface area is 208 Å². The molecule has 0 radical (unpaired) electrons. The zero-order valence-electron chi connectivity index (χ0n) is 21.6. The molecule has 0 spiro atoms. The molecule has 2 aliphatic rings. The van der Waals surface area contributed by atoms with Gasteiger partial charge >= 0.3 is 18.0 Å². The topological polar surface area (TPSA) is 94.2 Å². The van der Waals surface area contributed by atoms with Crippen LogP contribution in [0.5, 0.6) is 0 Å². The van der Waals surface area contributed by atoms with Crippen LogP contribution >= 0.6 is 0 Å². The number of hydrogen-bond acceptors (Lipinski definition) is 5. The Morgan fingerprint density at radius 1 is 1.11 bits per heavy atom. The number of urea groups is 2. The molecule has 1 saturated heterocycles. The average Bonchev–Trinajstić information content (AvgIpc) is 3.06. The van der Waals surface area contributed by atoms with Crippen LogP contribution in [0.25, 0.3) is 0 Å². The van der Waals surface area contributed by atoms with E-state index in [4.69, 9.17) is 4.74 Å². The Bertz CT molecular complexity index is 976. The van der Waals surface area contributed by atoms with E-state index in [0.717, 1.165) is 29.7 Å². The van der Waals surface area contributed by atoms with E-state index in [0.29, 0.717) is 50.5 Å². The Balaban J connectivity index is 2.00.